The molecule has 3 aliphatic rings. The normalized spacial score (nSPS) is 22.1. The number of aryl methyl sites for hydroxylation is 1. The quantitative estimate of drug-likeness (QED) is 0.353. The summed E-state index contributed by atoms with van der Waals surface area (Å²) in [5, 5.41) is 4.17. The molecule has 2 aliphatic carbocycles. The second-order valence-electron chi connectivity index (χ2n) is 10.2. The van der Waals surface area contributed by atoms with Crippen LogP contribution in [0.15, 0.2) is 30.3 Å². The van der Waals surface area contributed by atoms with Crippen LogP contribution in [0, 0.1) is 24.6 Å². The van der Waals surface area contributed by atoms with Gasteiger partial charge >= 0.3 is 6.01 Å². The van der Waals surface area contributed by atoms with Crippen LogP contribution >= 0.6 is 11.3 Å². The molecule has 9 heteroatoms. The molecule has 7 rings (SSSR count). The smallest absolute Gasteiger partial charge is 0.324 e. The van der Waals surface area contributed by atoms with Crippen molar-refractivity contribution in [2.75, 3.05) is 30.4 Å². The third-order valence-corrected chi connectivity index (χ3v) is 8.76. The lowest BCUT2D eigenvalue weighted by molar-refractivity contribution is 0.440. The second kappa shape index (κ2) is 8.11. The van der Waals surface area contributed by atoms with Crippen molar-refractivity contribution in [1.29, 1.82) is 0 Å². The van der Waals surface area contributed by atoms with Crippen molar-refractivity contribution in [3.05, 3.63) is 52.4 Å². The highest BCUT2D eigenvalue weighted by Crippen LogP contribution is 2.48. The molecule has 3 atom stereocenters. The van der Waals surface area contributed by atoms with Crippen molar-refractivity contribution < 1.29 is 9.13 Å². The van der Waals surface area contributed by atoms with Gasteiger partial charge in [0, 0.05) is 49.9 Å². The fraction of sp³-hybridized carbons (Fsp3) is 0.370. The van der Waals surface area contributed by atoms with Crippen LogP contribution in [0.4, 0.5) is 15.9 Å². The molecule has 1 saturated heterocycles. The number of ether oxygens (including phenoxy) is 1. The van der Waals surface area contributed by atoms with E-state index in [-0.39, 0.29) is 11.9 Å². The van der Waals surface area contributed by atoms with Crippen molar-refractivity contribution in [3.8, 4) is 22.9 Å². The third-order valence-electron chi connectivity index (χ3n) is 7.80. The summed E-state index contributed by atoms with van der Waals surface area (Å²) in [6.07, 6.45) is 2.68. The van der Waals surface area contributed by atoms with E-state index in [9.17, 15) is 4.39 Å². The average molecular weight is 503 g/mol. The van der Waals surface area contributed by atoms with Crippen molar-refractivity contribution >= 4 is 33.1 Å². The number of halogens is 1. The highest BCUT2D eigenvalue weighted by molar-refractivity contribution is 7.18. The molecular formula is C27H27FN6OS. The van der Waals surface area contributed by atoms with Crippen molar-refractivity contribution in [3.63, 3.8) is 0 Å². The molecule has 1 aliphatic heterocycles. The average Bonchev–Trinajstić information content (AvgIpc) is 3.58. The van der Waals surface area contributed by atoms with Gasteiger partial charge in [-0.05, 0) is 67.0 Å². The Labute approximate surface area is 212 Å². The largest absolute Gasteiger partial charge is 0.424 e. The summed E-state index contributed by atoms with van der Waals surface area (Å²) in [5.74, 6) is 2.34. The molecule has 0 amide bonds. The first-order valence-electron chi connectivity index (χ1n) is 12.4. The fourth-order valence-corrected chi connectivity index (χ4v) is 7.11. The molecule has 4 aromatic rings. The Hall–Kier alpha value is -3.30. The second-order valence-corrected chi connectivity index (χ2v) is 11.4. The van der Waals surface area contributed by atoms with Crippen LogP contribution in [0.3, 0.4) is 0 Å². The summed E-state index contributed by atoms with van der Waals surface area (Å²) < 4.78 is 21.9. The van der Waals surface area contributed by atoms with Gasteiger partial charge in [0.2, 0.25) is 0 Å². The summed E-state index contributed by atoms with van der Waals surface area (Å²) in [7, 11) is 1.82. The van der Waals surface area contributed by atoms with Crippen LogP contribution in [0.1, 0.15) is 29.1 Å². The lowest BCUT2D eigenvalue weighted by Crippen LogP contribution is -2.26. The van der Waals surface area contributed by atoms with Gasteiger partial charge < -0.3 is 20.7 Å². The first-order chi connectivity index (χ1) is 17.4. The van der Waals surface area contributed by atoms with Gasteiger partial charge in [0.15, 0.2) is 0 Å². The summed E-state index contributed by atoms with van der Waals surface area (Å²) in [5.41, 5.74) is 11.6. The summed E-state index contributed by atoms with van der Waals surface area (Å²) in [6, 6.07) is 9.63. The van der Waals surface area contributed by atoms with Gasteiger partial charge in [0.25, 0.3) is 0 Å². The fourth-order valence-electron chi connectivity index (χ4n) is 6.30. The molecular weight excluding hydrogens is 475 g/mol. The third kappa shape index (κ3) is 3.52. The molecule has 184 valence electrons. The molecule has 2 fully saturated rings. The molecule has 1 saturated carbocycles. The van der Waals surface area contributed by atoms with Gasteiger partial charge in [-0.3, -0.25) is 0 Å². The molecule has 36 heavy (non-hydrogen) atoms. The number of fused-ring (bicyclic) bond motifs is 5. The number of benzene rings is 2. The predicted octanol–water partition coefficient (Wildman–Crippen LogP) is 5.11. The van der Waals surface area contributed by atoms with E-state index < -0.39 is 0 Å². The first-order valence-corrected chi connectivity index (χ1v) is 13.2. The van der Waals surface area contributed by atoms with Gasteiger partial charge in [-0.1, -0.05) is 0 Å². The Morgan fingerprint density at radius 3 is 2.69 bits per heavy atom. The van der Waals surface area contributed by atoms with E-state index in [1.165, 1.54) is 0 Å². The Morgan fingerprint density at radius 2 is 1.92 bits per heavy atom. The van der Waals surface area contributed by atoms with Crippen molar-refractivity contribution in [2.24, 2.45) is 17.6 Å². The van der Waals surface area contributed by atoms with Gasteiger partial charge in [-0.2, -0.15) is 9.97 Å². The molecule has 7 nitrogen and oxygen atoms in total. The molecule has 2 aromatic heterocycles. The molecule has 1 unspecified atom stereocenters. The molecule has 0 radical (unpaired) electrons. The molecule has 0 bridgehead atoms. The van der Waals surface area contributed by atoms with Crippen LogP contribution in [0.5, 0.6) is 11.8 Å². The number of anilines is 2. The van der Waals surface area contributed by atoms with E-state index in [0.717, 1.165) is 75.0 Å². The van der Waals surface area contributed by atoms with Crippen molar-refractivity contribution in [2.45, 2.75) is 32.2 Å². The standard InChI is InChI=1S/C27H27FN6OS/c1-13-31-22-9-18(3-4-24(22)36-13)35-27-32-23-10-19-20(7-16(28)8-21(19)30-2)25(23)26(33-27)34-11-14-5-17(29)6-15(14)12-34/h3-4,7-9,14-15,17,30H,5-6,10-12,29H2,1-2H3/t14-,15+,17?. The van der Waals surface area contributed by atoms with Crippen LogP contribution < -0.4 is 20.7 Å². The number of rotatable bonds is 4. The van der Waals surface area contributed by atoms with Gasteiger partial charge in [0.1, 0.15) is 17.4 Å². The number of nitrogens with two attached hydrogens (primary N) is 1. The van der Waals surface area contributed by atoms with Crippen molar-refractivity contribution in [1.82, 2.24) is 15.0 Å². The van der Waals surface area contributed by atoms with E-state index in [1.54, 1.807) is 23.5 Å². The Kier molecular flexibility index (Phi) is 4.94. The maximum absolute atomic E-state index is 14.6. The monoisotopic (exact) mass is 502 g/mol. The highest BCUT2D eigenvalue weighted by atomic mass is 32.1. The lowest BCUT2D eigenvalue weighted by atomic mass is 10.0. The minimum atomic E-state index is -0.270. The van der Waals surface area contributed by atoms with E-state index in [1.807, 2.05) is 32.2 Å². The zero-order valence-corrected chi connectivity index (χ0v) is 21.0. The Morgan fingerprint density at radius 1 is 1.11 bits per heavy atom. The van der Waals surface area contributed by atoms with E-state index in [2.05, 4.69) is 15.2 Å². The molecule has 3 N–H and O–H groups in total. The molecule has 3 heterocycles. The maximum atomic E-state index is 14.6. The first kappa shape index (κ1) is 21.9. The zero-order valence-electron chi connectivity index (χ0n) is 20.2. The number of hydrogen-bond donors (Lipinski definition) is 2. The topological polar surface area (TPSA) is 89.2 Å². The summed E-state index contributed by atoms with van der Waals surface area (Å²) >= 11 is 1.66. The zero-order chi connectivity index (χ0) is 24.6. The van der Waals surface area contributed by atoms with E-state index in [4.69, 9.17) is 20.4 Å². The van der Waals surface area contributed by atoms with Gasteiger partial charge in [-0.15, -0.1) is 11.3 Å². The lowest BCUT2D eigenvalue weighted by Gasteiger charge is -2.23. The predicted molar refractivity (Wildman–Crippen MR) is 141 cm³/mol. The van der Waals surface area contributed by atoms with Crippen LogP contribution in [-0.4, -0.2) is 41.1 Å². The Balaban J connectivity index is 1.32. The van der Waals surface area contributed by atoms with Gasteiger partial charge in [0.05, 0.1) is 20.9 Å². The number of thiazole rings is 1. The summed E-state index contributed by atoms with van der Waals surface area (Å²) in [6.45, 7) is 3.79. The highest BCUT2D eigenvalue weighted by Gasteiger charge is 2.42. The molecule has 2 aromatic carbocycles. The Bertz CT molecular complexity index is 1510. The number of hydrogen-bond acceptors (Lipinski definition) is 8. The van der Waals surface area contributed by atoms with E-state index >= 15 is 0 Å². The number of nitrogens with zero attached hydrogens (tertiary/aromatic N) is 4. The number of nitrogens with one attached hydrogen (secondary N) is 1. The molecule has 0 spiro atoms. The minimum Gasteiger partial charge on any atom is -0.424 e. The van der Waals surface area contributed by atoms with Crippen LogP contribution in [0.2, 0.25) is 0 Å². The minimum absolute atomic E-state index is 0.270. The summed E-state index contributed by atoms with van der Waals surface area (Å²) in [4.78, 5) is 16.7. The number of aromatic nitrogens is 3. The van der Waals surface area contributed by atoms with Gasteiger partial charge in [-0.25, -0.2) is 9.37 Å². The maximum Gasteiger partial charge on any atom is 0.324 e. The van der Waals surface area contributed by atoms with Crippen LogP contribution in [-0.2, 0) is 6.42 Å². The van der Waals surface area contributed by atoms with Crippen LogP contribution in [0.25, 0.3) is 21.3 Å². The SMILES string of the molecule is CNc1cc(F)cc2c1Cc1nc(Oc3ccc4sc(C)nc4c3)nc(N3C[C@H]4CC(N)C[C@H]4C3)c1-2. The van der Waals surface area contributed by atoms with E-state index in [0.29, 0.717) is 30.0 Å².